The van der Waals surface area contributed by atoms with Crippen molar-refractivity contribution in [2.45, 2.75) is 26.0 Å². The molecule has 1 amide bonds. The normalized spacial score (nSPS) is 11.3. The van der Waals surface area contributed by atoms with Gasteiger partial charge in [0.1, 0.15) is 5.82 Å². The van der Waals surface area contributed by atoms with Crippen molar-refractivity contribution in [1.82, 2.24) is 4.90 Å². The van der Waals surface area contributed by atoms with Crippen LogP contribution in [0.25, 0.3) is 0 Å². The third-order valence-electron chi connectivity index (χ3n) is 3.15. The van der Waals surface area contributed by atoms with Crippen molar-refractivity contribution < 1.29 is 14.3 Å². The van der Waals surface area contributed by atoms with E-state index in [0.717, 1.165) is 5.56 Å². The second-order valence-corrected chi connectivity index (χ2v) is 5.97. The molecule has 0 radical (unpaired) electrons. The van der Waals surface area contributed by atoms with E-state index >= 15 is 0 Å². The summed E-state index contributed by atoms with van der Waals surface area (Å²) in [4.78, 5) is 14.2. The van der Waals surface area contributed by atoms with Crippen molar-refractivity contribution in [3.8, 4) is 0 Å². The van der Waals surface area contributed by atoms with Crippen molar-refractivity contribution in [3.05, 3.63) is 71.5 Å². The third kappa shape index (κ3) is 4.67. The highest BCUT2D eigenvalue weighted by molar-refractivity contribution is 5.94. The van der Waals surface area contributed by atoms with Gasteiger partial charge in [0.15, 0.2) is 0 Å². The molecule has 0 aliphatic carbocycles. The van der Waals surface area contributed by atoms with Crippen LogP contribution in [0.2, 0.25) is 0 Å². The Labute approximate surface area is 130 Å². The van der Waals surface area contributed by atoms with Gasteiger partial charge in [-0.3, -0.25) is 4.79 Å². The number of amides is 1. The fourth-order valence-corrected chi connectivity index (χ4v) is 2.27. The summed E-state index contributed by atoms with van der Waals surface area (Å²) < 4.78 is 13.3. The lowest BCUT2D eigenvalue weighted by Crippen LogP contribution is -2.41. The van der Waals surface area contributed by atoms with Gasteiger partial charge in [-0.15, -0.1) is 0 Å². The Bertz CT molecular complexity index is 635. The van der Waals surface area contributed by atoms with Crippen LogP contribution in [0.1, 0.15) is 29.8 Å². The number of carbonyl (C=O) groups excluding carboxylic acids is 1. The Balaban J connectivity index is 2.25. The molecule has 2 aromatic carbocycles. The minimum atomic E-state index is -1.03. The highest BCUT2D eigenvalue weighted by atomic mass is 19.1. The molecule has 0 saturated heterocycles. The molecule has 0 atom stereocenters. The molecule has 22 heavy (non-hydrogen) atoms. The lowest BCUT2D eigenvalue weighted by atomic mass is 10.1. The predicted molar refractivity (Wildman–Crippen MR) is 83.9 cm³/mol. The molecule has 0 saturated carbocycles. The van der Waals surface area contributed by atoms with E-state index in [9.17, 15) is 14.3 Å². The zero-order valence-electron chi connectivity index (χ0n) is 12.8. The van der Waals surface area contributed by atoms with Gasteiger partial charge in [-0.2, -0.15) is 0 Å². The summed E-state index contributed by atoms with van der Waals surface area (Å²) in [5, 5.41) is 10.0. The smallest absolute Gasteiger partial charge is 0.254 e. The van der Waals surface area contributed by atoms with Crippen molar-refractivity contribution >= 4 is 5.91 Å². The van der Waals surface area contributed by atoms with Crippen LogP contribution in [-0.4, -0.2) is 28.1 Å². The molecule has 0 bridgehead atoms. The maximum atomic E-state index is 13.3. The van der Waals surface area contributed by atoms with Gasteiger partial charge < -0.3 is 10.0 Å². The molecule has 0 aliphatic heterocycles. The molecule has 0 aromatic heterocycles. The monoisotopic (exact) mass is 301 g/mol. The van der Waals surface area contributed by atoms with Crippen molar-refractivity contribution in [2.75, 3.05) is 6.54 Å². The molecule has 4 heteroatoms. The van der Waals surface area contributed by atoms with Crippen molar-refractivity contribution in [1.29, 1.82) is 0 Å². The fraction of sp³-hybridized carbons (Fsp3) is 0.278. The molecule has 2 rings (SSSR count). The Hall–Kier alpha value is -2.20. The van der Waals surface area contributed by atoms with Gasteiger partial charge in [-0.05, 0) is 37.6 Å². The summed E-state index contributed by atoms with van der Waals surface area (Å²) in [5.74, 6) is -0.751. The first kappa shape index (κ1) is 16.2. The van der Waals surface area contributed by atoms with E-state index in [2.05, 4.69) is 0 Å². The molecule has 0 heterocycles. The van der Waals surface area contributed by atoms with Crippen LogP contribution in [-0.2, 0) is 6.54 Å². The van der Waals surface area contributed by atoms with Crippen LogP contribution >= 0.6 is 0 Å². The van der Waals surface area contributed by atoms with Crippen LogP contribution in [0.3, 0.4) is 0 Å². The van der Waals surface area contributed by atoms with E-state index in [-0.39, 0.29) is 18.0 Å². The first-order valence-corrected chi connectivity index (χ1v) is 7.16. The quantitative estimate of drug-likeness (QED) is 0.921. The lowest BCUT2D eigenvalue weighted by Gasteiger charge is -2.29. The van der Waals surface area contributed by atoms with Crippen LogP contribution in [0.5, 0.6) is 0 Å². The van der Waals surface area contributed by atoms with Gasteiger partial charge in [-0.25, -0.2) is 4.39 Å². The number of hydrogen-bond acceptors (Lipinski definition) is 2. The highest BCUT2D eigenvalue weighted by Crippen LogP contribution is 2.15. The molecule has 116 valence electrons. The molecule has 1 N–H and O–H groups in total. The Kier molecular flexibility index (Phi) is 4.93. The molecule has 3 nitrogen and oxygen atoms in total. The molecule has 0 aliphatic rings. The molecular weight excluding hydrogens is 281 g/mol. The van der Waals surface area contributed by atoms with Gasteiger partial charge in [0.05, 0.1) is 5.60 Å². The largest absolute Gasteiger partial charge is 0.389 e. The zero-order chi connectivity index (χ0) is 16.2. The van der Waals surface area contributed by atoms with Crippen molar-refractivity contribution in [3.63, 3.8) is 0 Å². The van der Waals surface area contributed by atoms with Gasteiger partial charge in [0.2, 0.25) is 0 Å². The van der Waals surface area contributed by atoms with Crippen LogP contribution in [0.4, 0.5) is 4.39 Å². The summed E-state index contributed by atoms with van der Waals surface area (Å²) in [6, 6.07) is 15.1. The Morgan fingerprint density at radius 3 is 2.41 bits per heavy atom. The molecule has 2 aromatic rings. The summed E-state index contributed by atoms with van der Waals surface area (Å²) in [5.41, 5.74) is 0.203. The number of carbonyl (C=O) groups is 1. The van der Waals surface area contributed by atoms with Crippen LogP contribution in [0.15, 0.2) is 54.6 Å². The Morgan fingerprint density at radius 1 is 1.14 bits per heavy atom. The standard InChI is InChI=1S/C18H20FNO2/c1-18(2,22)13-20(12-14-7-4-3-5-8-14)17(21)15-9-6-10-16(19)11-15/h3-11,22H,12-13H2,1-2H3. The average molecular weight is 301 g/mol. The first-order chi connectivity index (χ1) is 10.3. The van der Waals surface area contributed by atoms with Gasteiger partial charge >= 0.3 is 0 Å². The van der Waals surface area contributed by atoms with E-state index < -0.39 is 11.4 Å². The van der Waals surface area contributed by atoms with E-state index in [1.54, 1.807) is 19.9 Å². The molecule has 0 spiro atoms. The van der Waals surface area contributed by atoms with Gasteiger partial charge in [-0.1, -0.05) is 36.4 Å². The summed E-state index contributed by atoms with van der Waals surface area (Å²) in [7, 11) is 0. The lowest BCUT2D eigenvalue weighted by molar-refractivity contribution is 0.0280. The second-order valence-electron chi connectivity index (χ2n) is 5.97. The maximum absolute atomic E-state index is 13.3. The topological polar surface area (TPSA) is 40.5 Å². The number of rotatable bonds is 5. The van der Waals surface area contributed by atoms with Crippen LogP contribution < -0.4 is 0 Å². The van der Waals surface area contributed by atoms with E-state index in [4.69, 9.17) is 0 Å². The fourth-order valence-electron chi connectivity index (χ4n) is 2.27. The second kappa shape index (κ2) is 6.71. The minimum absolute atomic E-state index is 0.164. The number of nitrogens with zero attached hydrogens (tertiary/aromatic N) is 1. The molecule has 0 fully saturated rings. The highest BCUT2D eigenvalue weighted by Gasteiger charge is 2.23. The summed E-state index contributed by atoms with van der Waals surface area (Å²) >= 11 is 0. The molecular formula is C18H20FNO2. The third-order valence-corrected chi connectivity index (χ3v) is 3.15. The summed E-state index contributed by atoms with van der Waals surface area (Å²) in [6.45, 7) is 3.81. The zero-order valence-corrected chi connectivity index (χ0v) is 12.8. The SMILES string of the molecule is CC(C)(O)CN(Cc1ccccc1)C(=O)c1cccc(F)c1. The summed E-state index contributed by atoms with van der Waals surface area (Å²) in [6.07, 6.45) is 0. The Morgan fingerprint density at radius 2 is 1.82 bits per heavy atom. The van der Waals surface area contributed by atoms with E-state index in [0.29, 0.717) is 6.54 Å². The number of benzene rings is 2. The number of halogens is 1. The minimum Gasteiger partial charge on any atom is -0.389 e. The van der Waals surface area contributed by atoms with Gasteiger partial charge in [0, 0.05) is 18.7 Å². The van der Waals surface area contributed by atoms with Gasteiger partial charge in [0.25, 0.3) is 5.91 Å². The maximum Gasteiger partial charge on any atom is 0.254 e. The number of aliphatic hydroxyl groups is 1. The van der Waals surface area contributed by atoms with Crippen LogP contribution in [0, 0.1) is 5.82 Å². The predicted octanol–water partition coefficient (Wildman–Crippen LogP) is 3.24. The molecule has 0 unspecified atom stereocenters. The first-order valence-electron chi connectivity index (χ1n) is 7.16. The van der Waals surface area contributed by atoms with E-state index in [1.807, 2.05) is 30.3 Å². The number of hydrogen-bond donors (Lipinski definition) is 1. The van der Waals surface area contributed by atoms with E-state index in [1.165, 1.54) is 23.1 Å². The van der Waals surface area contributed by atoms with Crippen molar-refractivity contribution in [2.24, 2.45) is 0 Å². The average Bonchev–Trinajstić information content (AvgIpc) is 2.45.